The molecule has 0 saturated heterocycles. The molecule has 0 atom stereocenters. The van der Waals surface area contributed by atoms with Crippen LogP contribution in [0.15, 0.2) is 48.3 Å². The van der Waals surface area contributed by atoms with Gasteiger partial charge in [-0.15, -0.1) is 0 Å². The fourth-order valence-electron chi connectivity index (χ4n) is 1.50. The van der Waals surface area contributed by atoms with E-state index in [-0.39, 0.29) is 0 Å². The van der Waals surface area contributed by atoms with Gasteiger partial charge in [-0.1, -0.05) is 16.7 Å². The lowest BCUT2D eigenvalue weighted by molar-refractivity contribution is -0.512. The number of hydrogen-bond donors (Lipinski definition) is 1. The normalized spacial score (nSPS) is 10.8. The Balaban J connectivity index is 1.77. The van der Waals surface area contributed by atoms with Crippen molar-refractivity contribution >= 4 is 17.5 Å². The molecule has 17 heavy (non-hydrogen) atoms. The first-order chi connectivity index (χ1) is 8.42. The highest BCUT2D eigenvalue weighted by Gasteiger charge is 2.08. The number of imidazole rings is 1. The number of aromatic amines is 1. The SMILES string of the molecule is c1cnc(SCc2c[n+]3cccnc3[nH]2)nc1. The summed E-state index contributed by atoms with van der Waals surface area (Å²) >= 11 is 1.59. The van der Waals surface area contributed by atoms with Gasteiger partial charge in [0.05, 0.1) is 11.9 Å². The Labute approximate surface area is 102 Å². The maximum atomic E-state index is 4.22. The Morgan fingerprint density at radius 2 is 1.94 bits per heavy atom. The maximum absolute atomic E-state index is 4.22. The van der Waals surface area contributed by atoms with Gasteiger partial charge in [-0.05, 0) is 6.07 Å². The summed E-state index contributed by atoms with van der Waals surface area (Å²) in [6.07, 6.45) is 9.25. The second-order valence-corrected chi connectivity index (χ2v) is 4.39. The monoisotopic (exact) mass is 244 g/mol. The topological polar surface area (TPSA) is 58.6 Å². The number of fused-ring (bicyclic) bond motifs is 1. The van der Waals surface area contributed by atoms with E-state index in [1.165, 1.54) is 0 Å². The molecule has 0 fully saturated rings. The molecule has 3 rings (SSSR count). The highest BCUT2D eigenvalue weighted by Crippen LogP contribution is 2.16. The van der Waals surface area contributed by atoms with Crippen LogP contribution in [0.5, 0.6) is 0 Å². The quantitative estimate of drug-likeness (QED) is 0.428. The number of nitrogens with one attached hydrogen (secondary N) is 1. The summed E-state index contributed by atoms with van der Waals surface area (Å²) in [5.41, 5.74) is 1.10. The molecular weight excluding hydrogens is 234 g/mol. The van der Waals surface area contributed by atoms with Crippen LogP contribution in [0, 0.1) is 0 Å². The number of thioether (sulfide) groups is 1. The number of rotatable bonds is 3. The Hall–Kier alpha value is -1.95. The van der Waals surface area contributed by atoms with Crippen LogP contribution in [-0.2, 0) is 5.75 Å². The van der Waals surface area contributed by atoms with Crippen molar-refractivity contribution in [1.29, 1.82) is 0 Å². The summed E-state index contributed by atoms with van der Waals surface area (Å²) in [7, 11) is 0. The van der Waals surface area contributed by atoms with Crippen molar-refractivity contribution < 1.29 is 4.40 Å². The van der Waals surface area contributed by atoms with Gasteiger partial charge >= 0.3 is 5.78 Å². The van der Waals surface area contributed by atoms with Crippen molar-refractivity contribution in [3.63, 3.8) is 0 Å². The molecule has 1 N–H and O–H groups in total. The van der Waals surface area contributed by atoms with E-state index in [4.69, 9.17) is 0 Å². The van der Waals surface area contributed by atoms with Gasteiger partial charge in [0, 0.05) is 18.5 Å². The average Bonchev–Trinajstić information content (AvgIpc) is 2.80. The van der Waals surface area contributed by atoms with Crippen LogP contribution in [0.2, 0.25) is 0 Å². The van der Waals surface area contributed by atoms with Crippen LogP contribution in [0.25, 0.3) is 5.78 Å². The molecule has 0 bridgehead atoms. The van der Waals surface area contributed by atoms with Gasteiger partial charge < -0.3 is 0 Å². The number of H-pyrrole nitrogens is 1. The summed E-state index contributed by atoms with van der Waals surface area (Å²) < 4.78 is 1.96. The molecule has 0 aliphatic rings. The fraction of sp³-hybridized carbons (Fsp3) is 0.0909. The molecule has 0 aliphatic heterocycles. The predicted octanol–water partition coefficient (Wildman–Crippen LogP) is 1.23. The zero-order chi connectivity index (χ0) is 11.5. The Morgan fingerprint density at radius 1 is 1.12 bits per heavy atom. The first-order valence-electron chi connectivity index (χ1n) is 5.15. The Kier molecular flexibility index (Phi) is 2.71. The third-order valence-corrected chi connectivity index (χ3v) is 3.16. The fourth-order valence-corrected chi connectivity index (χ4v) is 2.20. The second kappa shape index (κ2) is 4.50. The minimum Gasteiger partial charge on any atom is -0.242 e. The van der Waals surface area contributed by atoms with Crippen molar-refractivity contribution in [2.45, 2.75) is 10.9 Å². The third-order valence-electron chi connectivity index (χ3n) is 2.24. The van der Waals surface area contributed by atoms with Crippen molar-refractivity contribution in [2.24, 2.45) is 0 Å². The molecule has 0 aromatic carbocycles. The van der Waals surface area contributed by atoms with Crippen LogP contribution < -0.4 is 4.40 Å². The summed E-state index contributed by atoms with van der Waals surface area (Å²) in [5.74, 6) is 1.64. The van der Waals surface area contributed by atoms with E-state index < -0.39 is 0 Å². The molecule has 0 amide bonds. The summed E-state index contributed by atoms with van der Waals surface area (Å²) in [6.45, 7) is 0. The van der Waals surface area contributed by atoms with E-state index in [1.54, 1.807) is 30.4 Å². The summed E-state index contributed by atoms with van der Waals surface area (Å²) in [4.78, 5) is 15.8. The molecule has 0 spiro atoms. The predicted molar refractivity (Wildman–Crippen MR) is 63.3 cm³/mol. The first-order valence-corrected chi connectivity index (χ1v) is 6.14. The highest BCUT2D eigenvalue weighted by molar-refractivity contribution is 7.98. The molecule has 5 nitrogen and oxygen atoms in total. The number of hydrogen-bond acceptors (Lipinski definition) is 4. The summed E-state index contributed by atoms with van der Waals surface area (Å²) in [5, 5.41) is 0.782. The van der Waals surface area contributed by atoms with Gasteiger partial charge in [0.1, 0.15) is 18.1 Å². The Morgan fingerprint density at radius 3 is 2.76 bits per heavy atom. The molecule has 0 aliphatic carbocycles. The van der Waals surface area contributed by atoms with Crippen LogP contribution in [-0.4, -0.2) is 19.9 Å². The molecule has 3 aromatic heterocycles. The van der Waals surface area contributed by atoms with Crippen LogP contribution in [0.3, 0.4) is 0 Å². The van der Waals surface area contributed by atoms with E-state index in [0.717, 1.165) is 22.4 Å². The van der Waals surface area contributed by atoms with Crippen LogP contribution in [0.1, 0.15) is 5.69 Å². The summed E-state index contributed by atoms with van der Waals surface area (Å²) in [6, 6.07) is 3.71. The molecule has 3 heterocycles. The van der Waals surface area contributed by atoms with Crippen LogP contribution >= 0.6 is 11.8 Å². The second-order valence-electron chi connectivity index (χ2n) is 3.45. The van der Waals surface area contributed by atoms with Gasteiger partial charge in [-0.25, -0.2) is 19.4 Å². The standard InChI is InChI=1S/C11H9N5S/c1-3-13-11(14-4-1)17-8-9-7-16-6-2-5-12-10(16)15-9/h1-7H,8H2/p+1. The van der Waals surface area contributed by atoms with E-state index >= 15 is 0 Å². The van der Waals surface area contributed by atoms with E-state index in [0.29, 0.717) is 0 Å². The van der Waals surface area contributed by atoms with E-state index in [9.17, 15) is 0 Å². The maximum Gasteiger partial charge on any atom is 0.400 e. The van der Waals surface area contributed by atoms with Crippen molar-refractivity contribution in [3.8, 4) is 0 Å². The first kappa shape index (κ1) is 10.2. The third kappa shape index (κ3) is 2.26. The minimum absolute atomic E-state index is 0.782. The van der Waals surface area contributed by atoms with Crippen LogP contribution in [0.4, 0.5) is 0 Å². The van der Waals surface area contributed by atoms with Gasteiger partial charge in [-0.3, -0.25) is 0 Å². The zero-order valence-electron chi connectivity index (χ0n) is 8.95. The largest absolute Gasteiger partial charge is 0.400 e. The van der Waals surface area contributed by atoms with E-state index in [1.807, 2.05) is 28.9 Å². The molecule has 3 aromatic rings. The smallest absolute Gasteiger partial charge is 0.242 e. The van der Waals surface area contributed by atoms with Gasteiger partial charge in [0.25, 0.3) is 0 Å². The van der Waals surface area contributed by atoms with Gasteiger partial charge in [-0.2, -0.15) is 0 Å². The lowest BCUT2D eigenvalue weighted by Gasteiger charge is -1.94. The lowest BCUT2D eigenvalue weighted by Crippen LogP contribution is -2.17. The van der Waals surface area contributed by atoms with Crippen molar-refractivity contribution in [3.05, 3.63) is 48.8 Å². The van der Waals surface area contributed by atoms with Crippen molar-refractivity contribution in [2.75, 3.05) is 0 Å². The van der Waals surface area contributed by atoms with Gasteiger partial charge in [0.15, 0.2) is 5.16 Å². The average molecular weight is 244 g/mol. The molecule has 84 valence electrons. The molecule has 6 heteroatoms. The molecule has 0 radical (unpaired) electrons. The lowest BCUT2D eigenvalue weighted by atomic mass is 10.6. The Bertz CT molecular complexity index is 589. The number of nitrogens with zero attached hydrogens (tertiary/aromatic N) is 4. The van der Waals surface area contributed by atoms with E-state index in [2.05, 4.69) is 19.9 Å². The molecule has 0 saturated carbocycles. The van der Waals surface area contributed by atoms with Crippen molar-refractivity contribution in [1.82, 2.24) is 19.9 Å². The number of aromatic nitrogens is 5. The zero-order valence-corrected chi connectivity index (χ0v) is 9.76. The highest BCUT2D eigenvalue weighted by atomic mass is 32.2. The minimum atomic E-state index is 0.782. The van der Waals surface area contributed by atoms with Gasteiger partial charge in [0.2, 0.25) is 0 Å². The molecular formula is C11H10N5S+. The molecule has 0 unspecified atom stereocenters.